The molecule has 119 heavy (non-hydrogen) atoms. The smallest absolute Gasteiger partial charge is 0.252 e. The predicted molar refractivity (Wildman–Crippen MR) is 507 cm³/mol. The number of nitrogens with zero attached hydrogens (tertiary/aromatic N) is 5. The Kier molecular flexibility index (Phi) is 17.6. The van der Waals surface area contributed by atoms with Crippen molar-refractivity contribution in [1.29, 1.82) is 5.26 Å². The first-order valence-corrected chi connectivity index (χ1v) is 42.0. The molecule has 0 bridgehead atoms. The van der Waals surface area contributed by atoms with Crippen molar-refractivity contribution in [3.8, 4) is 95.3 Å². The van der Waals surface area contributed by atoms with Crippen LogP contribution in [0.4, 0.5) is 34.1 Å². The number of aromatic nitrogens is 2. The number of hydrogen-bond donors (Lipinski definition) is 0. The summed E-state index contributed by atoms with van der Waals surface area (Å²) >= 11 is 0. The van der Waals surface area contributed by atoms with Crippen molar-refractivity contribution in [2.24, 2.45) is 0 Å². The maximum absolute atomic E-state index is 11.3. The zero-order chi connectivity index (χ0) is 81.5. The first-order valence-electron chi connectivity index (χ1n) is 42.0. The minimum Gasteiger partial charge on any atom is -0.310 e. The zero-order valence-electron chi connectivity index (χ0n) is 69.8. The van der Waals surface area contributed by atoms with Gasteiger partial charge in [-0.05, 0) is 207 Å². The van der Waals surface area contributed by atoms with Gasteiger partial charge in [0.25, 0.3) is 6.71 Å². The third kappa shape index (κ3) is 12.7. The van der Waals surface area contributed by atoms with E-state index < -0.39 is 0 Å². The fraction of sp³-hybridized carbons (Fsp3) is 0.142. The van der Waals surface area contributed by atoms with Crippen LogP contribution in [0.5, 0.6) is 0 Å². The average Bonchev–Trinajstić information content (AvgIpc) is 0.950. The third-order valence-electron chi connectivity index (χ3n) is 25.2. The Labute approximate surface area is 700 Å². The molecule has 2 aliphatic heterocycles. The van der Waals surface area contributed by atoms with E-state index in [1.807, 2.05) is 12.1 Å². The van der Waals surface area contributed by atoms with E-state index in [9.17, 15) is 5.26 Å². The summed E-state index contributed by atoms with van der Waals surface area (Å²) in [5, 5.41) is 16.1. The van der Waals surface area contributed by atoms with Gasteiger partial charge in [0.1, 0.15) is 0 Å². The topological polar surface area (TPSA) is 40.1 Å². The molecule has 2 aromatic heterocycles. The molecule has 0 amide bonds. The van der Waals surface area contributed by atoms with Gasteiger partial charge in [-0.25, -0.2) is 0 Å². The lowest BCUT2D eigenvalue weighted by atomic mass is 9.33. The second-order valence-electron chi connectivity index (χ2n) is 36.8. The minimum absolute atomic E-state index is 0.106. The molecule has 18 aromatic rings. The highest BCUT2D eigenvalue weighted by molar-refractivity contribution is 7.00. The molecule has 0 unspecified atom stereocenters. The van der Waals surface area contributed by atoms with Gasteiger partial charge < -0.3 is 18.9 Å². The van der Waals surface area contributed by atoms with Gasteiger partial charge >= 0.3 is 0 Å². The minimum atomic E-state index is -0.350. The first-order chi connectivity index (χ1) is 57.5. The van der Waals surface area contributed by atoms with Gasteiger partial charge in [-0.15, -0.1) is 0 Å². The molecule has 20 rings (SSSR count). The molecule has 0 N–H and O–H groups in total. The molecule has 0 radical (unpaired) electrons. The summed E-state index contributed by atoms with van der Waals surface area (Å²) < 4.78 is 4.99. The molecule has 6 heteroatoms. The number of anilines is 6. The van der Waals surface area contributed by atoms with E-state index in [4.69, 9.17) is 0 Å². The van der Waals surface area contributed by atoms with Crippen LogP contribution in [0.2, 0.25) is 0 Å². The highest BCUT2D eigenvalue weighted by atomic mass is 15.2. The lowest BCUT2D eigenvalue weighted by Gasteiger charge is -2.46. The summed E-state index contributed by atoms with van der Waals surface area (Å²) in [7, 11) is 0. The molecule has 0 saturated heterocycles. The van der Waals surface area contributed by atoms with Crippen LogP contribution < -0.4 is 26.2 Å². The molecule has 4 heterocycles. The van der Waals surface area contributed by atoms with Gasteiger partial charge in [0.05, 0.1) is 45.1 Å². The van der Waals surface area contributed by atoms with Crippen LogP contribution in [-0.4, -0.2) is 15.8 Å². The highest BCUT2D eigenvalue weighted by Gasteiger charge is 2.46. The van der Waals surface area contributed by atoms with Gasteiger partial charge in [0.2, 0.25) is 0 Å². The predicted octanol–water partition coefficient (Wildman–Crippen LogP) is 28.7. The second-order valence-corrected chi connectivity index (χ2v) is 36.8. The Balaban J connectivity index is 1.000. The monoisotopic (exact) mass is 1530 g/mol. The summed E-state index contributed by atoms with van der Waals surface area (Å²) in [6.45, 7) is 27.4. The highest BCUT2D eigenvalue weighted by Crippen LogP contribution is 2.57. The molecule has 0 saturated carbocycles. The number of hydrogen-bond acceptors (Lipinski definition) is 3. The van der Waals surface area contributed by atoms with Crippen LogP contribution in [-0.2, 0) is 21.7 Å². The molecule has 5 nitrogen and oxygen atoms in total. The number of para-hydroxylation sites is 4. The van der Waals surface area contributed by atoms with Gasteiger partial charge in [-0.3, -0.25) is 0 Å². The maximum atomic E-state index is 11.3. The van der Waals surface area contributed by atoms with Crippen molar-refractivity contribution >= 4 is 101 Å². The van der Waals surface area contributed by atoms with Crippen LogP contribution in [0.3, 0.4) is 0 Å². The van der Waals surface area contributed by atoms with Crippen LogP contribution in [0.15, 0.2) is 352 Å². The molecule has 0 spiro atoms. The van der Waals surface area contributed by atoms with E-state index in [-0.39, 0.29) is 28.4 Å². The van der Waals surface area contributed by atoms with Crippen LogP contribution >= 0.6 is 0 Å². The summed E-state index contributed by atoms with van der Waals surface area (Å²) in [6.07, 6.45) is 0. The third-order valence-corrected chi connectivity index (χ3v) is 25.2. The lowest BCUT2D eigenvalue weighted by Crippen LogP contribution is -2.61. The fourth-order valence-corrected chi connectivity index (χ4v) is 18.9. The van der Waals surface area contributed by atoms with Crippen LogP contribution in [0.1, 0.15) is 111 Å². The maximum Gasteiger partial charge on any atom is 0.252 e. The molecule has 574 valence electrons. The Morgan fingerprint density at radius 1 is 0.244 bits per heavy atom. The van der Waals surface area contributed by atoms with E-state index in [0.29, 0.717) is 5.56 Å². The molecular weight excluding hydrogens is 1440 g/mol. The Morgan fingerprint density at radius 3 is 0.966 bits per heavy atom. The number of fused-ring (bicyclic) bond motifs is 10. The van der Waals surface area contributed by atoms with Crippen molar-refractivity contribution in [3.05, 3.63) is 380 Å². The summed E-state index contributed by atoms with van der Waals surface area (Å²) in [4.78, 5) is 5.43. The lowest BCUT2D eigenvalue weighted by molar-refractivity contribution is 0.590. The normalized spacial score (nSPS) is 12.8. The molecule has 0 atom stereocenters. The van der Waals surface area contributed by atoms with Crippen molar-refractivity contribution in [1.82, 2.24) is 9.13 Å². The Hall–Kier alpha value is -13.7. The standard InChI is InChI=1S/C113H94BN5/c1-110(2,3)82-53-49-74(50-54-82)93-63-79(72-31-15-13-16-32-72)64-95(76-36-29-38-84(61-76)112(7,8)9)108(93)118-103-69-86(116-99-45-25-21-41-89(99)90-42-22-26-46-100(90)116)57-59-97(103)114-98-60-58-87(117-101-47-27-23-43-91(101)92-44-24-28-48-102(92)117)70-104(98)119(106-68-80(67-105(118)107(106)114)73-33-17-14-18-34-73)109-94(75-51-55-83(56-52-75)111(4,5)6)65-81(88-40-20-19-35-78(88)71-115)66-96(109)77-37-30-39-85(62-77)113(10,11)12/h13-70H,1-12H3. The quantitative estimate of drug-likeness (QED) is 0.121. The van der Waals surface area contributed by atoms with E-state index in [1.165, 1.54) is 60.2 Å². The molecular formula is C113H94BN5. The van der Waals surface area contributed by atoms with Crippen molar-refractivity contribution in [2.75, 3.05) is 9.80 Å². The van der Waals surface area contributed by atoms with E-state index in [0.717, 1.165) is 145 Å². The zero-order valence-corrected chi connectivity index (χ0v) is 69.8. The second kappa shape index (κ2) is 28.3. The number of nitriles is 1. The van der Waals surface area contributed by atoms with Crippen molar-refractivity contribution in [3.63, 3.8) is 0 Å². The summed E-state index contributed by atoms with van der Waals surface area (Å²) in [5.41, 5.74) is 36.4. The fourth-order valence-electron chi connectivity index (χ4n) is 18.9. The Morgan fingerprint density at radius 2 is 0.580 bits per heavy atom. The first kappa shape index (κ1) is 74.1. The Bertz CT molecular complexity index is 7040. The van der Waals surface area contributed by atoms with E-state index >= 15 is 0 Å². The van der Waals surface area contributed by atoms with E-state index in [1.54, 1.807) is 0 Å². The van der Waals surface area contributed by atoms with E-state index in [2.05, 4.69) is 448 Å². The van der Waals surface area contributed by atoms with Gasteiger partial charge in [-0.2, -0.15) is 5.26 Å². The van der Waals surface area contributed by atoms with Gasteiger partial charge in [-0.1, -0.05) is 344 Å². The largest absolute Gasteiger partial charge is 0.310 e. The summed E-state index contributed by atoms with van der Waals surface area (Å²) in [6, 6.07) is 136. The number of rotatable bonds is 11. The van der Waals surface area contributed by atoms with Crippen molar-refractivity contribution < 1.29 is 0 Å². The van der Waals surface area contributed by atoms with Crippen LogP contribution in [0, 0.1) is 11.3 Å². The SMILES string of the molecule is CC(C)(C)c1ccc(-c2cc(-c3ccccc3)cc(-c3cccc(C(C)(C)C)c3)c2N2c3cc(-n4c5ccccc5c5ccccc54)ccc3B3c4ccc(-n5c6ccccc6c6ccccc65)cc4N(c4c(-c5ccc(C(C)(C)C)cc5)cc(-c5ccccc5C#N)cc4-c4cccc(C(C)(C)C)c4)c4cc(-c5ccccc5)cc2c43)cc1. The van der Waals surface area contributed by atoms with Crippen LogP contribution in [0.25, 0.3) is 133 Å². The van der Waals surface area contributed by atoms with Gasteiger partial charge in [0.15, 0.2) is 0 Å². The molecule has 0 fully saturated rings. The average molecular weight is 1530 g/mol. The number of benzene rings is 16. The van der Waals surface area contributed by atoms with Gasteiger partial charge in [0, 0.05) is 77.9 Å². The molecule has 0 aliphatic carbocycles. The summed E-state index contributed by atoms with van der Waals surface area (Å²) in [5.74, 6) is 0. The molecule has 2 aliphatic rings. The van der Waals surface area contributed by atoms with Crippen molar-refractivity contribution in [2.45, 2.75) is 105 Å². The molecule has 16 aromatic carbocycles.